The lowest BCUT2D eigenvalue weighted by atomic mass is 10.0. The minimum Gasteiger partial charge on any atom is -0.405 e. The molecule has 0 unspecified atom stereocenters. The first-order valence-electron chi connectivity index (χ1n) is 7.26. The molecule has 0 fully saturated rings. The summed E-state index contributed by atoms with van der Waals surface area (Å²) in [6.07, 6.45) is -10.8. The van der Waals surface area contributed by atoms with Gasteiger partial charge in [0.2, 0.25) is 0 Å². The zero-order chi connectivity index (χ0) is 23.0. The van der Waals surface area contributed by atoms with E-state index in [2.05, 4.69) is 9.47 Å². The monoisotopic (exact) mass is 442 g/mol. The van der Waals surface area contributed by atoms with Crippen LogP contribution in [0.4, 0.5) is 49.1 Å². The highest BCUT2D eigenvalue weighted by molar-refractivity contribution is 5.85. The van der Waals surface area contributed by atoms with Crippen LogP contribution in [0.3, 0.4) is 0 Å². The first-order chi connectivity index (χ1) is 13.6. The van der Waals surface area contributed by atoms with Crippen molar-refractivity contribution in [3.05, 3.63) is 44.5 Å². The zero-order valence-corrected chi connectivity index (χ0v) is 14.1. The second-order valence-electron chi connectivity index (χ2n) is 5.42. The van der Waals surface area contributed by atoms with Gasteiger partial charge in [-0.15, -0.1) is 26.3 Å². The van der Waals surface area contributed by atoms with Gasteiger partial charge in [-0.2, -0.15) is 0 Å². The van der Waals surface area contributed by atoms with E-state index in [-0.39, 0.29) is 0 Å². The first kappa shape index (κ1) is 22.3. The third kappa shape index (κ3) is 5.09. The predicted molar refractivity (Wildman–Crippen MR) is 87.4 cm³/mol. The molecule has 0 atom stereocenters. The van der Waals surface area contributed by atoms with E-state index in [0.717, 1.165) is 0 Å². The molecule has 2 aromatic rings. The molecule has 0 aliphatic heterocycles. The molecule has 30 heavy (non-hydrogen) atoms. The van der Waals surface area contributed by atoms with Crippen LogP contribution in [-0.2, 0) is 0 Å². The lowest BCUT2D eigenvalue weighted by Gasteiger charge is -2.18. The molecule has 0 amide bonds. The van der Waals surface area contributed by atoms with Crippen LogP contribution in [0, 0.1) is 20.2 Å². The molecular weight excluding hydrogens is 434 g/mol. The van der Waals surface area contributed by atoms with Crippen molar-refractivity contribution < 1.29 is 45.7 Å². The summed E-state index contributed by atoms with van der Waals surface area (Å²) in [6, 6.07) is 1.38. The molecule has 162 valence electrons. The number of hydrogen-bond donors (Lipinski definition) is 2. The van der Waals surface area contributed by atoms with Gasteiger partial charge in [0.25, 0.3) is 11.4 Å². The fraction of sp³-hybridized carbons (Fsp3) is 0.143. The Bertz CT molecular complexity index is 942. The number of halogens is 6. The van der Waals surface area contributed by atoms with Crippen LogP contribution in [-0.4, -0.2) is 22.6 Å². The first-order valence-corrected chi connectivity index (χ1v) is 7.26. The summed E-state index contributed by atoms with van der Waals surface area (Å²) in [4.78, 5) is 19.9. The smallest absolute Gasteiger partial charge is 0.405 e. The summed E-state index contributed by atoms with van der Waals surface area (Å²) in [7, 11) is 0. The van der Waals surface area contributed by atoms with Crippen molar-refractivity contribution in [3.63, 3.8) is 0 Å². The quantitative estimate of drug-likeness (QED) is 0.303. The Morgan fingerprint density at radius 3 is 1.23 bits per heavy atom. The van der Waals surface area contributed by atoms with Crippen molar-refractivity contribution in [2.24, 2.45) is 0 Å². The van der Waals surface area contributed by atoms with E-state index in [4.69, 9.17) is 11.5 Å². The van der Waals surface area contributed by atoms with Gasteiger partial charge in [0.1, 0.15) is 22.9 Å². The largest absolute Gasteiger partial charge is 0.573 e. The average molecular weight is 442 g/mol. The highest BCUT2D eigenvalue weighted by atomic mass is 19.4. The van der Waals surface area contributed by atoms with Crippen LogP contribution in [0.15, 0.2) is 24.3 Å². The van der Waals surface area contributed by atoms with Crippen LogP contribution in [0.2, 0.25) is 0 Å². The number of anilines is 2. The fourth-order valence-corrected chi connectivity index (χ4v) is 2.32. The van der Waals surface area contributed by atoms with E-state index >= 15 is 0 Å². The molecule has 10 nitrogen and oxygen atoms in total. The number of nitrogens with zero attached hydrogens (tertiary/aromatic N) is 2. The lowest BCUT2D eigenvalue weighted by Crippen LogP contribution is -2.19. The lowest BCUT2D eigenvalue weighted by molar-refractivity contribution is -0.384. The molecule has 0 bridgehead atoms. The number of rotatable bonds is 5. The van der Waals surface area contributed by atoms with Crippen LogP contribution in [0.5, 0.6) is 11.5 Å². The van der Waals surface area contributed by atoms with Gasteiger partial charge in [0, 0.05) is 35.4 Å². The van der Waals surface area contributed by atoms with Gasteiger partial charge in [-0.3, -0.25) is 20.2 Å². The topological polar surface area (TPSA) is 157 Å². The fourth-order valence-electron chi connectivity index (χ4n) is 2.32. The van der Waals surface area contributed by atoms with Crippen molar-refractivity contribution in [2.45, 2.75) is 12.7 Å². The van der Waals surface area contributed by atoms with Gasteiger partial charge in [-0.25, -0.2) is 0 Å². The average Bonchev–Trinajstić information content (AvgIpc) is 2.52. The van der Waals surface area contributed by atoms with Gasteiger partial charge in [0.05, 0.1) is 9.85 Å². The number of benzene rings is 2. The van der Waals surface area contributed by atoms with E-state index in [0.29, 0.717) is 24.3 Å². The molecule has 0 heterocycles. The molecule has 0 aliphatic rings. The standard InChI is InChI=1S/C14H8F6N4O6/c15-13(16,17)29-11-3-7(21)9(23(25)26)1-5(11)6-2-10(24(27)28)8(22)4-12(6)30-14(18,19)20/h1-4H,21-22H2. The maximum absolute atomic E-state index is 12.7. The maximum Gasteiger partial charge on any atom is 0.573 e. The molecule has 0 aliphatic carbocycles. The number of ether oxygens (including phenoxy) is 2. The van der Waals surface area contributed by atoms with Gasteiger partial charge < -0.3 is 20.9 Å². The minimum absolute atomic E-state index is 0.334. The SMILES string of the molecule is Nc1cc(OC(F)(F)F)c(-c2cc([N+](=O)[O-])c(N)cc2OC(F)(F)F)cc1[N+](=O)[O-]. The van der Waals surface area contributed by atoms with E-state index in [1.165, 1.54) is 0 Å². The van der Waals surface area contributed by atoms with Crippen molar-refractivity contribution in [2.75, 3.05) is 11.5 Å². The van der Waals surface area contributed by atoms with Crippen molar-refractivity contribution in [1.82, 2.24) is 0 Å². The van der Waals surface area contributed by atoms with Crippen LogP contribution < -0.4 is 20.9 Å². The zero-order valence-electron chi connectivity index (χ0n) is 14.1. The molecule has 2 rings (SSSR count). The minimum atomic E-state index is -5.39. The number of nitrogens with two attached hydrogens (primary N) is 2. The Hall–Kier alpha value is -3.98. The maximum atomic E-state index is 12.7. The number of nitro groups is 2. The highest BCUT2D eigenvalue weighted by Crippen LogP contribution is 2.46. The van der Waals surface area contributed by atoms with Crippen molar-refractivity contribution >= 4 is 22.7 Å². The summed E-state index contributed by atoms with van der Waals surface area (Å²) >= 11 is 0. The third-order valence-electron chi connectivity index (χ3n) is 3.39. The van der Waals surface area contributed by atoms with E-state index in [1.54, 1.807) is 0 Å². The number of alkyl halides is 6. The molecule has 2 aromatic carbocycles. The summed E-state index contributed by atoms with van der Waals surface area (Å²) in [5.41, 5.74) is 4.99. The Morgan fingerprint density at radius 2 is 1.00 bits per heavy atom. The highest BCUT2D eigenvalue weighted by Gasteiger charge is 2.37. The second kappa shape index (κ2) is 7.45. The predicted octanol–water partition coefficient (Wildman–Crippen LogP) is 4.13. The summed E-state index contributed by atoms with van der Waals surface area (Å²) in [6.45, 7) is 0. The summed E-state index contributed by atoms with van der Waals surface area (Å²) in [5.74, 6) is -2.53. The normalized spacial score (nSPS) is 11.8. The Kier molecular flexibility index (Phi) is 5.54. The summed E-state index contributed by atoms with van der Waals surface area (Å²) < 4.78 is 83.8. The Balaban J connectivity index is 2.91. The molecular formula is C14H8F6N4O6. The van der Waals surface area contributed by atoms with E-state index in [9.17, 15) is 46.6 Å². The Morgan fingerprint density at radius 1 is 0.700 bits per heavy atom. The Labute approximate surface area is 160 Å². The van der Waals surface area contributed by atoms with Crippen molar-refractivity contribution in [3.8, 4) is 22.6 Å². The number of nitrogen functional groups attached to an aromatic ring is 2. The molecule has 16 heteroatoms. The summed E-state index contributed by atoms with van der Waals surface area (Å²) in [5, 5.41) is 22.1. The number of hydrogen-bond acceptors (Lipinski definition) is 8. The van der Waals surface area contributed by atoms with E-state index < -0.39 is 67.9 Å². The molecule has 0 saturated carbocycles. The molecule has 0 saturated heterocycles. The van der Waals surface area contributed by atoms with Crippen LogP contribution in [0.25, 0.3) is 11.1 Å². The van der Waals surface area contributed by atoms with Gasteiger partial charge in [0.15, 0.2) is 0 Å². The van der Waals surface area contributed by atoms with Crippen LogP contribution >= 0.6 is 0 Å². The van der Waals surface area contributed by atoms with Crippen molar-refractivity contribution in [1.29, 1.82) is 0 Å². The molecule has 4 N–H and O–H groups in total. The van der Waals surface area contributed by atoms with E-state index in [1.807, 2.05) is 0 Å². The van der Waals surface area contributed by atoms with Crippen LogP contribution in [0.1, 0.15) is 0 Å². The third-order valence-corrected chi connectivity index (χ3v) is 3.39. The number of nitro benzene ring substituents is 2. The second-order valence-corrected chi connectivity index (χ2v) is 5.42. The van der Waals surface area contributed by atoms with Gasteiger partial charge >= 0.3 is 12.7 Å². The molecule has 0 spiro atoms. The van der Waals surface area contributed by atoms with Gasteiger partial charge in [-0.05, 0) is 0 Å². The van der Waals surface area contributed by atoms with Gasteiger partial charge in [-0.1, -0.05) is 0 Å². The molecule has 0 aromatic heterocycles. The molecule has 0 radical (unpaired) electrons.